The Morgan fingerprint density at radius 2 is 1.71 bits per heavy atom. The van der Waals surface area contributed by atoms with Crippen molar-refractivity contribution < 1.29 is 4.39 Å². The van der Waals surface area contributed by atoms with Gasteiger partial charge in [-0.3, -0.25) is 0 Å². The number of piperidine rings is 1. The van der Waals surface area contributed by atoms with Gasteiger partial charge in [-0.05, 0) is 77.1 Å². The molecule has 4 heterocycles. The number of nitrogens with one attached hydrogen (secondary N) is 2. The molecule has 0 aliphatic carbocycles. The fourth-order valence-corrected chi connectivity index (χ4v) is 4.66. The highest BCUT2D eigenvalue weighted by molar-refractivity contribution is 5.82. The normalized spacial score (nSPS) is 21.3. The fraction of sp³-hybridized carbons (Fsp3) is 0.458. The van der Waals surface area contributed by atoms with E-state index < -0.39 is 0 Å². The molecule has 5 rings (SSSR count). The van der Waals surface area contributed by atoms with Gasteiger partial charge in [0.1, 0.15) is 11.3 Å². The average Bonchev–Trinajstić information content (AvgIpc) is 3.23. The standard InChI is InChI=1S/C16H14FN5.C8H17N/c1-8-4-13(21-22-7-9(2)18-16(8)22)11-5-12(17)15-14(6-11)19-10(3)20-15;1-6-4-7(2)9-8(3)5-6/h4-7H,1-3H3,(H,19,20);6-9H,4-5H2,1-3H3. The summed E-state index contributed by atoms with van der Waals surface area (Å²) in [6.45, 7) is 12.6. The van der Waals surface area contributed by atoms with Crippen molar-refractivity contribution in [1.29, 1.82) is 0 Å². The van der Waals surface area contributed by atoms with Crippen LogP contribution >= 0.6 is 0 Å². The number of benzene rings is 1. The molecule has 1 fully saturated rings. The van der Waals surface area contributed by atoms with Crippen molar-refractivity contribution in [2.45, 2.75) is 66.5 Å². The molecular weight excluding hydrogens is 391 g/mol. The van der Waals surface area contributed by atoms with Crippen LogP contribution in [0.4, 0.5) is 4.39 Å². The van der Waals surface area contributed by atoms with E-state index in [1.807, 2.05) is 39.1 Å². The van der Waals surface area contributed by atoms with Crippen LogP contribution in [-0.2, 0) is 0 Å². The minimum Gasteiger partial charge on any atom is -0.342 e. The van der Waals surface area contributed by atoms with E-state index in [-0.39, 0.29) is 5.82 Å². The van der Waals surface area contributed by atoms with Crippen molar-refractivity contribution in [2.75, 3.05) is 0 Å². The Bertz CT molecular complexity index is 1110. The van der Waals surface area contributed by atoms with E-state index in [2.05, 4.69) is 46.1 Å². The van der Waals surface area contributed by atoms with Crippen LogP contribution in [-0.4, -0.2) is 36.6 Å². The summed E-state index contributed by atoms with van der Waals surface area (Å²) in [7, 11) is 0. The van der Waals surface area contributed by atoms with Crippen LogP contribution in [0.1, 0.15) is 50.7 Å². The molecule has 164 valence electrons. The summed E-state index contributed by atoms with van der Waals surface area (Å²) in [5.74, 6) is 1.27. The van der Waals surface area contributed by atoms with Crippen molar-refractivity contribution in [2.24, 2.45) is 5.92 Å². The molecule has 1 aliphatic rings. The number of hydrogen-bond acceptors (Lipinski definition) is 4. The van der Waals surface area contributed by atoms with Crippen LogP contribution in [0.15, 0.2) is 24.4 Å². The van der Waals surface area contributed by atoms with E-state index in [0.29, 0.717) is 28.1 Å². The number of nitrogens with zero attached hydrogens (tertiary/aromatic N) is 4. The zero-order chi connectivity index (χ0) is 22.3. The highest BCUT2D eigenvalue weighted by Gasteiger charge is 2.19. The molecule has 7 heteroatoms. The molecule has 6 nitrogen and oxygen atoms in total. The summed E-state index contributed by atoms with van der Waals surface area (Å²) in [4.78, 5) is 11.6. The lowest BCUT2D eigenvalue weighted by atomic mass is 9.91. The fourth-order valence-electron chi connectivity index (χ4n) is 4.66. The van der Waals surface area contributed by atoms with Gasteiger partial charge in [0.15, 0.2) is 11.5 Å². The molecule has 3 aromatic heterocycles. The molecule has 1 aromatic carbocycles. The quantitative estimate of drug-likeness (QED) is 0.447. The van der Waals surface area contributed by atoms with Crippen LogP contribution in [0.5, 0.6) is 0 Å². The largest absolute Gasteiger partial charge is 0.342 e. The first-order chi connectivity index (χ1) is 14.7. The second kappa shape index (κ2) is 8.38. The Balaban J connectivity index is 0.000000217. The first-order valence-corrected chi connectivity index (χ1v) is 11.0. The third-order valence-corrected chi connectivity index (χ3v) is 5.76. The van der Waals surface area contributed by atoms with Crippen LogP contribution in [0.3, 0.4) is 0 Å². The number of H-pyrrole nitrogens is 1. The number of aromatic amines is 1. The topological polar surface area (TPSA) is 70.9 Å². The van der Waals surface area contributed by atoms with Gasteiger partial charge >= 0.3 is 0 Å². The third kappa shape index (κ3) is 4.61. The van der Waals surface area contributed by atoms with Gasteiger partial charge in [-0.2, -0.15) is 5.10 Å². The Kier molecular flexibility index (Phi) is 5.79. The third-order valence-electron chi connectivity index (χ3n) is 5.76. The molecule has 2 unspecified atom stereocenters. The molecule has 1 aliphatic heterocycles. The Labute approximate surface area is 182 Å². The summed E-state index contributed by atoms with van der Waals surface area (Å²) in [5.41, 5.74) is 5.17. The van der Waals surface area contributed by atoms with E-state index in [0.717, 1.165) is 34.9 Å². The molecule has 0 saturated carbocycles. The number of halogens is 1. The Morgan fingerprint density at radius 1 is 1.00 bits per heavy atom. The number of fused-ring (bicyclic) bond motifs is 2. The first-order valence-electron chi connectivity index (χ1n) is 11.0. The predicted molar refractivity (Wildman–Crippen MR) is 123 cm³/mol. The molecule has 0 bridgehead atoms. The Morgan fingerprint density at radius 3 is 2.39 bits per heavy atom. The lowest BCUT2D eigenvalue weighted by molar-refractivity contribution is 0.279. The maximum atomic E-state index is 14.2. The molecule has 1 saturated heterocycles. The maximum Gasteiger partial charge on any atom is 0.156 e. The van der Waals surface area contributed by atoms with E-state index >= 15 is 0 Å². The molecular formula is C24H31FN6. The van der Waals surface area contributed by atoms with E-state index in [1.165, 1.54) is 18.9 Å². The van der Waals surface area contributed by atoms with Gasteiger partial charge in [0, 0.05) is 17.6 Å². The van der Waals surface area contributed by atoms with Crippen LogP contribution < -0.4 is 5.32 Å². The molecule has 4 aromatic rings. The Hall–Kier alpha value is -2.80. The van der Waals surface area contributed by atoms with E-state index in [9.17, 15) is 4.39 Å². The lowest BCUT2D eigenvalue weighted by Gasteiger charge is -2.30. The number of rotatable bonds is 1. The summed E-state index contributed by atoms with van der Waals surface area (Å²) >= 11 is 0. The zero-order valence-electron chi connectivity index (χ0n) is 19.1. The van der Waals surface area contributed by atoms with Crippen molar-refractivity contribution in [3.63, 3.8) is 0 Å². The first kappa shape index (κ1) is 21.4. The number of aryl methyl sites for hydroxylation is 3. The number of hydrogen-bond donors (Lipinski definition) is 2. The summed E-state index contributed by atoms with van der Waals surface area (Å²) < 4.78 is 16.0. The molecule has 0 spiro atoms. The van der Waals surface area contributed by atoms with Gasteiger partial charge in [-0.1, -0.05) is 6.92 Å². The van der Waals surface area contributed by atoms with Gasteiger partial charge in [-0.25, -0.2) is 18.9 Å². The van der Waals surface area contributed by atoms with Gasteiger partial charge < -0.3 is 10.3 Å². The summed E-state index contributed by atoms with van der Waals surface area (Å²) in [6.07, 6.45) is 4.57. The second-order valence-corrected chi connectivity index (χ2v) is 9.08. The van der Waals surface area contributed by atoms with Gasteiger partial charge in [0.05, 0.1) is 23.1 Å². The summed E-state index contributed by atoms with van der Waals surface area (Å²) in [6, 6.07) is 6.74. The molecule has 0 radical (unpaired) electrons. The smallest absolute Gasteiger partial charge is 0.156 e. The van der Waals surface area contributed by atoms with Crippen molar-refractivity contribution in [3.8, 4) is 11.3 Å². The monoisotopic (exact) mass is 422 g/mol. The van der Waals surface area contributed by atoms with E-state index in [4.69, 9.17) is 0 Å². The predicted octanol–water partition coefficient (Wildman–Crippen LogP) is 5.12. The average molecular weight is 423 g/mol. The number of aromatic nitrogens is 5. The van der Waals surface area contributed by atoms with Crippen molar-refractivity contribution >= 4 is 16.7 Å². The highest BCUT2D eigenvalue weighted by atomic mass is 19.1. The highest BCUT2D eigenvalue weighted by Crippen LogP contribution is 2.26. The lowest BCUT2D eigenvalue weighted by Crippen LogP contribution is -2.41. The van der Waals surface area contributed by atoms with Crippen LogP contribution in [0.25, 0.3) is 27.9 Å². The minimum atomic E-state index is -0.349. The van der Waals surface area contributed by atoms with Crippen molar-refractivity contribution in [3.05, 3.63) is 47.3 Å². The van der Waals surface area contributed by atoms with Crippen LogP contribution in [0.2, 0.25) is 0 Å². The van der Waals surface area contributed by atoms with Crippen molar-refractivity contribution in [1.82, 2.24) is 29.9 Å². The number of imidazole rings is 2. The maximum absolute atomic E-state index is 14.2. The molecule has 31 heavy (non-hydrogen) atoms. The van der Waals surface area contributed by atoms with Gasteiger partial charge in [-0.15, -0.1) is 0 Å². The van der Waals surface area contributed by atoms with Gasteiger partial charge in [0.25, 0.3) is 0 Å². The van der Waals surface area contributed by atoms with Crippen LogP contribution in [0, 0.1) is 32.5 Å². The second-order valence-electron chi connectivity index (χ2n) is 9.08. The SMILES string of the molecule is CC1CC(C)NC(C)C1.Cc1cn2nc(-c3cc(F)c4nc(C)[nH]c4c3)cc(C)c2n1. The summed E-state index contributed by atoms with van der Waals surface area (Å²) in [5, 5.41) is 8.04. The minimum absolute atomic E-state index is 0.349. The molecule has 2 N–H and O–H groups in total. The van der Waals surface area contributed by atoms with E-state index in [1.54, 1.807) is 4.52 Å². The molecule has 2 atom stereocenters. The van der Waals surface area contributed by atoms with Gasteiger partial charge in [0.2, 0.25) is 0 Å². The molecule has 0 amide bonds. The zero-order valence-corrected chi connectivity index (χ0v) is 19.1.